The Morgan fingerprint density at radius 3 is 2.18 bits per heavy atom. The number of rotatable bonds is 12. The highest BCUT2D eigenvalue weighted by Crippen LogP contribution is 2.43. The van der Waals surface area contributed by atoms with Crippen molar-refractivity contribution < 1.29 is 26.3 Å². The third kappa shape index (κ3) is 8.25. The highest BCUT2D eigenvalue weighted by molar-refractivity contribution is 7.21. The molecule has 1 amide bonds. The maximum absolute atomic E-state index is 14.2. The molecule has 3 nitrogen and oxygen atoms in total. The lowest BCUT2D eigenvalue weighted by Crippen LogP contribution is -3.00. The number of fused-ring (bicyclic) bond motifs is 2. The fraction of sp³-hybridized carbons (Fsp3) is 0.324. The normalized spacial score (nSPS) is 11.6. The van der Waals surface area contributed by atoms with Gasteiger partial charge in [-0.15, -0.1) is 11.3 Å². The molecule has 45 heavy (non-hydrogen) atoms. The maximum Gasteiger partial charge on any atom is 0.265 e. The average Bonchev–Trinajstić information content (AvgIpc) is 3.35. The topological polar surface area (TPSA) is 20.3 Å². The van der Waals surface area contributed by atoms with Crippen LogP contribution in [0, 0.1) is 13.8 Å². The van der Waals surface area contributed by atoms with Gasteiger partial charge >= 0.3 is 0 Å². The van der Waals surface area contributed by atoms with Crippen LogP contribution in [0.5, 0.6) is 0 Å². The molecule has 238 valence electrons. The van der Waals surface area contributed by atoms with E-state index >= 15 is 0 Å². The molecule has 0 fully saturated rings. The number of hydrogen-bond acceptors (Lipinski definition) is 2. The van der Waals surface area contributed by atoms with E-state index in [1.54, 1.807) is 6.07 Å². The van der Waals surface area contributed by atoms with Crippen LogP contribution in [0.25, 0.3) is 20.9 Å². The number of hydrogen-bond donors (Lipinski definition) is 0. The molecule has 0 aliphatic carbocycles. The van der Waals surface area contributed by atoms with E-state index in [0.717, 1.165) is 59.2 Å². The molecular weight excluding hydrogens is 707 g/mol. The number of thiophene rings is 1. The monoisotopic (exact) mass is 744 g/mol. The van der Waals surface area contributed by atoms with Crippen LogP contribution >= 0.6 is 46.1 Å². The molecule has 0 aliphatic heterocycles. The minimum absolute atomic E-state index is 0. The van der Waals surface area contributed by atoms with Gasteiger partial charge in [-0.3, -0.25) is 4.79 Å². The van der Waals surface area contributed by atoms with Crippen LogP contribution < -0.4 is 17.0 Å². The number of nitrogens with zero attached hydrogens (tertiary/aromatic N) is 2. The van der Waals surface area contributed by atoms with Crippen molar-refractivity contribution in [1.29, 1.82) is 0 Å². The first kappa shape index (κ1) is 35.7. The van der Waals surface area contributed by atoms with Crippen LogP contribution in [-0.4, -0.2) is 41.5 Å². The number of benzene rings is 4. The summed E-state index contributed by atoms with van der Waals surface area (Å²) < 4.78 is 1.89. The van der Waals surface area contributed by atoms with Gasteiger partial charge in [-0.25, -0.2) is 0 Å². The highest BCUT2D eigenvalue weighted by atomic mass is 79.9. The van der Waals surface area contributed by atoms with Crippen LogP contribution in [0.4, 0.5) is 0 Å². The Balaban J connectivity index is 0.00000461. The Morgan fingerprint density at radius 1 is 0.800 bits per heavy atom. The van der Waals surface area contributed by atoms with Crippen molar-refractivity contribution in [3.63, 3.8) is 0 Å². The molecule has 0 saturated carbocycles. The molecule has 0 N–H and O–H groups in total. The molecule has 0 unspecified atom stereocenters. The van der Waals surface area contributed by atoms with Crippen LogP contribution in [-0.2, 0) is 13.1 Å². The minimum atomic E-state index is -0.0708. The van der Waals surface area contributed by atoms with Gasteiger partial charge in [0.1, 0.15) is 11.4 Å². The largest absolute Gasteiger partial charge is 1.00 e. The highest BCUT2D eigenvalue weighted by Gasteiger charge is 2.27. The van der Waals surface area contributed by atoms with Gasteiger partial charge in [0.25, 0.3) is 5.91 Å². The third-order valence-corrected chi connectivity index (χ3v) is 11.2. The maximum atomic E-state index is 14.2. The molecule has 0 aliphatic rings. The first-order chi connectivity index (χ1) is 21.1. The lowest BCUT2D eigenvalue weighted by molar-refractivity contribution is -0.938. The molecule has 5 aromatic rings. The van der Waals surface area contributed by atoms with Crippen LogP contribution in [0.3, 0.4) is 0 Å². The lowest BCUT2D eigenvalue weighted by atomic mass is 10.1. The summed E-state index contributed by atoms with van der Waals surface area (Å²) in [5, 5.41) is 4.21. The summed E-state index contributed by atoms with van der Waals surface area (Å²) >= 11 is 21.0. The van der Waals surface area contributed by atoms with E-state index in [2.05, 4.69) is 76.2 Å². The first-order valence-corrected chi connectivity index (χ1v) is 17.3. The van der Waals surface area contributed by atoms with E-state index < -0.39 is 0 Å². The molecule has 1 aromatic heterocycles. The van der Waals surface area contributed by atoms with Crippen molar-refractivity contribution in [2.24, 2.45) is 0 Å². The van der Waals surface area contributed by atoms with Gasteiger partial charge in [0, 0.05) is 28.7 Å². The smallest absolute Gasteiger partial charge is 0.265 e. The van der Waals surface area contributed by atoms with Crippen molar-refractivity contribution in [2.75, 3.05) is 26.2 Å². The summed E-state index contributed by atoms with van der Waals surface area (Å²) in [6.45, 7) is 14.3. The van der Waals surface area contributed by atoms with E-state index in [4.69, 9.17) is 34.8 Å². The Labute approximate surface area is 297 Å². The molecule has 8 heteroatoms. The van der Waals surface area contributed by atoms with E-state index in [9.17, 15) is 4.79 Å². The lowest BCUT2D eigenvalue weighted by Gasteiger charge is -2.37. The Hall–Kier alpha value is -2.12. The predicted molar refractivity (Wildman–Crippen MR) is 191 cm³/mol. The molecule has 0 saturated heterocycles. The zero-order valence-electron chi connectivity index (χ0n) is 26.3. The number of amides is 1. The van der Waals surface area contributed by atoms with Crippen LogP contribution in [0.1, 0.15) is 58.6 Å². The summed E-state index contributed by atoms with van der Waals surface area (Å²) in [7, 11) is 0. The quantitative estimate of drug-likeness (QED) is 0.0934. The standard InChI is InChI=1S/C37H40Cl3N2OS.BrH/c1-5-42(6-2,24-28-20-25(3)19-26(4)21-28)18-10-9-17-41(23-27-13-14-29-11-7-8-12-30(29)22-27)37(43)36-35(40)33-32(44-36)16-15-31(38)34(33)39;/h7-8,11-16,19-22H,5-6,9-10,17-18,23-24H2,1-4H3;1H/q+1;/p-1. The average molecular weight is 747 g/mol. The molecule has 0 radical (unpaired) electrons. The van der Waals surface area contributed by atoms with Crippen LogP contribution in [0.2, 0.25) is 15.1 Å². The summed E-state index contributed by atoms with van der Waals surface area (Å²) in [6.07, 6.45) is 1.93. The molecule has 4 aromatic carbocycles. The van der Waals surface area contributed by atoms with Crippen molar-refractivity contribution in [3.05, 3.63) is 115 Å². The summed E-state index contributed by atoms with van der Waals surface area (Å²) in [4.78, 5) is 16.6. The summed E-state index contributed by atoms with van der Waals surface area (Å²) in [5.41, 5.74) is 5.13. The van der Waals surface area contributed by atoms with Gasteiger partial charge in [-0.05, 0) is 75.1 Å². The number of halogens is 4. The minimum Gasteiger partial charge on any atom is -1.00 e. The number of aryl methyl sites for hydroxylation is 2. The number of quaternary nitrogens is 1. The summed E-state index contributed by atoms with van der Waals surface area (Å²) in [5.74, 6) is -0.0708. The first-order valence-electron chi connectivity index (χ1n) is 15.4. The van der Waals surface area contributed by atoms with Gasteiger partial charge in [0.2, 0.25) is 0 Å². The van der Waals surface area contributed by atoms with Crippen molar-refractivity contribution in [2.45, 2.75) is 53.6 Å². The fourth-order valence-electron chi connectivity index (χ4n) is 6.32. The van der Waals surface area contributed by atoms with Gasteiger partial charge in [0.05, 0.1) is 34.7 Å². The molecular formula is C37H40BrCl3N2OS. The Morgan fingerprint density at radius 2 is 1.49 bits per heavy atom. The van der Waals surface area contributed by atoms with Crippen molar-refractivity contribution >= 4 is 72.9 Å². The third-order valence-electron chi connectivity index (χ3n) is 8.81. The van der Waals surface area contributed by atoms with Crippen molar-refractivity contribution in [1.82, 2.24) is 4.90 Å². The Bertz CT molecular complexity index is 1780. The van der Waals surface area contributed by atoms with E-state index in [0.29, 0.717) is 38.4 Å². The van der Waals surface area contributed by atoms with Crippen LogP contribution in [0.15, 0.2) is 72.8 Å². The predicted octanol–water partition coefficient (Wildman–Crippen LogP) is 8.11. The van der Waals surface area contributed by atoms with E-state index in [1.807, 2.05) is 23.1 Å². The Kier molecular flexibility index (Phi) is 12.4. The number of carbonyl (C=O) groups is 1. The van der Waals surface area contributed by atoms with Gasteiger partial charge in [-0.2, -0.15) is 0 Å². The molecule has 1 heterocycles. The van der Waals surface area contributed by atoms with Gasteiger partial charge in [-0.1, -0.05) is 101 Å². The summed E-state index contributed by atoms with van der Waals surface area (Å²) in [6, 6.07) is 25.3. The molecule has 0 atom stereocenters. The SMILES string of the molecule is CC[N+](CC)(CCCCN(Cc1ccc2ccccc2c1)C(=O)c1sc2ccc(Cl)c(Cl)c2c1Cl)Cc1cc(C)cc(C)c1.[Br-]. The number of carbonyl (C=O) groups excluding carboxylic acids is 1. The molecule has 5 rings (SSSR count). The van der Waals surface area contributed by atoms with Gasteiger partial charge < -0.3 is 26.4 Å². The molecule has 0 spiro atoms. The zero-order valence-corrected chi connectivity index (χ0v) is 31.0. The van der Waals surface area contributed by atoms with Crippen molar-refractivity contribution in [3.8, 4) is 0 Å². The fourth-order valence-corrected chi connectivity index (χ4v) is 8.36. The van der Waals surface area contributed by atoms with E-state index in [-0.39, 0.29) is 22.9 Å². The second kappa shape index (κ2) is 15.6. The van der Waals surface area contributed by atoms with Gasteiger partial charge in [0.15, 0.2) is 0 Å². The zero-order chi connectivity index (χ0) is 31.4. The second-order valence-electron chi connectivity index (χ2n) is 11.9. The second-order valence-corrected chi connectivity index (χ2v) is 14.2. The van der Waals surface area contributed by atoms with E-state index in [1.165, 1.54) is 33.4 Å². The molecule has 0 bridgehead atoms. The number of unbranched alkanes of at least 4 members (excludes halogenated alkanes) is 1.